The summed E-state index contributed by atoms with van der Waals surface area (Å²) in [6.45, 7) is 7.85. The Bertz CT molecular complexity index is 125. The molecule has 0 rings (SSSR count). The van der Waals surface area contributed by atoms with Gasteiger partial charge in [0, 0.05) is 13.6 Å². The molecule has 0 aromatic rings. The minimum Gasteiger partial charge on any atom is -0.381 e. The number of nitrogens with zero attached hydrogens (tertiary/aromatic N) is 1. The molecule has 0 atom stereocenters. The third kappa shape index (κ3) is 6.68. The van der Waals surface area contributed by atoms with Crippen LogP contribution in [0.3, 0.4) is 0 Å². The number of hydrogen-bond donors (Lipinski definition) is 0. The first kappa shape index (κ1) is 12.5. The second kappa shape index (κ2) is 8.15. The molecular weight excluding hydrogens is 158 g/mol. The SMILES string of the molecule is CCC(CC)CC/C=C\N(C)CC. The minimum atomic E-state index is 0.927. The zero-order chi connectivity index (χ0) is 10.1. The number of allylic oxidation sites excluding steroid dienone is 1. The summed E-state index contributed by atoms with van der Waals surface area (Å²) in [5, 5.41) is 0. The molecular formula is C12H25N. The zero-order valence-corrected chi connectivity index (χ0v) is 9.71. The Hall–Kier alpha value is -0.460. The van der Waals surface area contributed by atoms with E-state index >= 15 is 0 Å². The fourth-order valence-electron chi connectivity index (χ4n) is 1.39. The third-order valence-corrected chi connectivity index (χ3v) is 2.75. The third-order valence-electron chi connectivity index (χ3n) is 2.75. The Labute approximate surface area is 83.8 Å². The van der Waals surface area contributed by atoms with Crippen LogP contribution < -0.4 is 0 Å². The molecule has 0 saturated carbocycles. The van der Waals surface area contributed by atoms with E-state index in [2.05, 4.69) is 45.0 Å². The maximum absolute atomic E-state index is 2.29. The lowest BCUT2D eigenvalue weighted by molar-refractivity contribution is 0.453. The topological polar surface area (TPSA) is 3.24 Å². The molecule has 0 heterocycles. The van der Waals surface area contributed by atoms with Crippen LogP contribution in [0.4, 0.5) is 0 Å². The van der Waals surface area contributed by atoms with Crippen LogP contribution in [-0.4, -0.2) is 18.5 Å². The largest absolute Gasteiger partial charge is 0.381 e. The van der Waals surface area contributed by atoms with E-state index in [1.807, 2.05) is 0 Å². The van der Waals surface area contributed by atoms with E-state index in [0.29, 0.717) is 0 Å². The van der Waals surface area contributed by atoms with Crippen LogP contribution in [0, 0.1) is 5.92 Å². The van der Waals surface area contributed by atoms with Gasteiger partial charge in [-0.1, -0.05) is 32.8 Å². The Morgan fingerprint density at radius 1 is 1.15 bits per heavy atom. The molecule has 1 nitrogen and oxygen atoms in total. The summed E-state index contributed by atoms with van der Waals surface area (Å²) in [5.41, 5.74) is 0. The highest BCUT2D eigenvalue weighted by Crippen LogP contribution is 2.14. The molecule has 0 N–H and O–H groups in total. The van der Waals surface area contributed by atoms with Crippen molar-refractivity contribution < 1.29 is 0 Å². The van der Waals surface area contributed by atoms with Gasteiger partial charge in [-0.3, -0.25) is 0 Å². The fourth-order valence-corrected chi connectivity index (χ4v) is 1.39. The van der Waals surface area contributed by atoms with Crippen molar-refractivity contribution in [3.8, 4) is 0 Å². The lowest BCUT2D eigenvalue weighted by atomic mass is 9.98. The van der Waals surface area contributed by atoms with Gasteiger partial charge in [-0.15, -0.1) is 0 Å². The molecule has 0 aliphatic carbocycles. The molecule has 0 fully saturated rings. The summed E-state index contributed by atoms with van der Waals surface area (Å²) in [7, 11) is 2.12. The van der Waals surface area contributed by atoms with Gasteiger partial charge in [0.1, 0.15) is 0 Å². The molecule has 78 valence electrons. The van der Waals surface area contributed by atoms with Gasteiger partial charge in [0.25, 0.3) is 0 Å². The van der Waals surface area contributed by atoms with Gasteiger partial charge in [0.2, 0.25) is 0 Å². The minimum absolute atomic E-state index is 0.927. The van der Waals surface area contributed by atoms with E-state index in [1.165, 1.54) is 25.7 Å². The summed E-state index contributed by atoms with van der Waals surface area (Å²) in [6.07, 6.45) is 9.73. The first-order valence-corrected chi connectivity index (χ1v) is 5.61. The van der Waals surface area contributed by atoms with Crippen molar-refractivity contribution in [3.05, 3.63) is 12.3 Å². The zero-order valence-electron chi connectivity index (χ0n) is 9.71. The molecule has 1 heteroatoms. The molecule has 0 aliphatic heterocycles. The van der Waals surface area contributed by atoms with Gasteiger partial charge in [-0.25, -0.2) is 0 Å². The second-order valence-corrected chi connectivity index (χ2v) is 3.72. The van der Waals surface area contributed by atoms with Crippen LogP contribution in [0.2, 0.25) is 0 Å². The van der Waals surface area contributed by atoms with Gasteiger partial charge in [-0.05, 0) is 31.9 Å². The van der Waals surface area contributed by atoms with Crippen LogP contribution >= 0.6 is 0 Å². The van der Waals surface area contributed by atoms with Gasteiger partial charge in [0.05, 0.1) is 0 Å². The average molecular weight is 183 g/mol. The smallest absolute Gasteiger partial charge is 0.0140 e. The van der Waals surface area contributed by atoms with Crippen molar-refractivity contribution in [1.29, 1.82) is 0 Å². The summed E-state index contributed by atoms with van der Waals surface area (Å²) in [5.74, 6) is 0.927. The second-order valence-electron chi connectivity index (χ2n) is 3.72. The first-order chi connectivity index (χ1) is 6.24. The lowest BCUT2D eigenvalue weighted by Gasteiger charge is -2.11. The quantitative estimate of drug-likeness (QED) is 0.582. The van der Waals surface area contributed by atoms with E-state index in [0.717, 1.165) is 12.5 Å². The number of hydrogen-bond acceptors (Lipinski definition) is 1. The highest BCUT2D eigenvalue weighted by Gasteiger charge is 2.00. The molecule has 0 radical (unpaired) electrons. The van der Waals surface area contributed by atoms with E-state index in [9.17, 15) is 0 Å². The van der Waals surface area contributed by atoms with E-state index in [-0.39, 0.29) is 0 Å². The van der Waals surface area contributed by atoms with E-state index < -0.39 is 0 Å². The molecule has 0 amide bonds. The molecule has 0 bridgehead atoms. The highest BCUT2D eigenvalue weighted by molar-refractivity contribution is 4.80. The van der Waals surface area contributed by atoms with Gasteiger partial charge in [0.15, 0.2) is 0 Å². The predicted molar refractivity (Wildman–Crippen MR) is 60.8 cm³/mol. The molecule has 0 unspecified atom stereocenters. The fraction of sp³-hybridized carbons (Fsp3) is 0.833. The van der Waals surface area contributed by atoms with Crippen LogP contribution in [0.15, 0.2) is 12.3 Å². The highest BCUT2D eigenvalue weighted by atomic mass is 15.1. The van der Waals surface area contributed by atoms with Crippen molar-refractivity contribution in [2.75, 3.05) is 13.6 Å². The normalized spacial score (nSPS) is 11.5. The van der Waals surface area contributed by atoms with E-state index in [1.54, 1.807) is 0 Å². The first-order valence-electron chi connectivity index (χ1n) is 5.61. The molecule has 0 aromatic carbocycles. The van der Waals surface area contributed by atoms with Crippen molar-refractivity contribution in [2.24, 2.45) is 5.92 Å². The Morgan fingerprint density at radius 3 is 2.23 bits per heavy atom. The molecule has 13 heavy (non-hydrogen) atoms. The summed E-state index contributed by atoms with van der Waals surface area (Å²) >= 11 is 0. The van der Waals surface area contributed by atoms with Crippen LogP contribution in [-0.2, 0) is 0 Å². The Balaban J connectivity index is 3.47. The van der Waals surface area contributed by atoms with Crippen LogP contribution in [0.5, 0.6) is 0 Å². The number of rotatable bonds is 7. The van der Waals surface area contributed by atoms with Gasteiger partial charge < -0.3 is 4.90 Å². The van der Waals surface area contributed by atoms with Crippen LogP contribution in [0.1, 0.15) is 46.5 Å². The van der Waals surface area contributed by atoms with Crippen molar-refractivity contribution in [2.45, 2.75) is 46.5 Å². The Morgan fingerprint density at radius 2 is 1.77 bits per heavy atom. The summed E-state index contributed by atoms with van der Waals surface area (Å²) < 4.78 is 0. The molecule has 0 spiro atoms. The Kier molecular flexibility index (Phi) is 7.86. The standard InChI is InChI=1S/C12H25N/c1-5-12(6-2)10-8-9-11-13(4)7-3/h9,11-12H,5-8,10H2,1-4H3/b11-9-. The van der Waals surface area contributed by atoms with Crippen LogP contribution in [0.25, 0.3) is 0 Å². The maximum atomic E-state index is 2.29. The maximum Gasteiger partial charge on any atom is 0.0140 e. The van der Waals surface area contributed by atoms with Crippen molar-refractivity contribution in [1.82, 2.24) is 4.90 Å². The molecule has 0 saturated heterocycles. The summed E-state index contributed by atoms with van der Waals surface area (Å²) in [4.78, 5) is 2.22. The monoisotopic (exact) mass is 183 g/mol. The lowest BCUT2D eigenvalue weighted by Crippen LogP contribution is -2.08. The van der Waals surface area contributed by atoms with Gasteiger partial charge in [-0.2, -0.15) is 0 Å². The van der Waals surface area contributed by atoms with Gasteiger partial charge >= 0.3 is 0 Å². The van der Waals surface area contributed by atoms with Crippen molar-refractivity contribution >= 4 is 0 Å². The molecule has 0 aromatic heterocycles. The van der Waals surface area contributed by atoms with Crippen molar-refractivity contribution in [3.63, 3.8) is 0 Å². The average Bonchev–Trinajstić information content (AvgIpc) is 2.18. The van der Waals surface area contributed by atoms with E-state index in [4.69, 9.17) is 0 Å². The molecule has 0 aliphatic rings. The summed E-state index contributed by atoms with van der Waals surface area (Å²) in [6, 6.07) is 0. The predicted octanol–water partition coefficient (Wildman–Crippen LogP) is 3.67.